The van der Waals surface area contributed by atoms with Gasteiger partial charge in [0.25, 0.3) is 0 Å². The van der Waals surface area contributed by atoms with Crippen LogP contribution >= 0.6 is 0 Å². The van der Waals surface area contributed by atoms with Gasteiger partial charge in [-0.05, 0) is 51.4 Å². The van der Waals surface area contributed by atoms with Crippen LogP contribution in [0.5, 0.6) is 0 Å². The standard InChI is InChI=1S/C71H134O6/c1-4-7-10-13-16-18-20-22-24-26-28-29-30-31-32-33-34-35-36-37-38-39-40-41-43-44-46-48-50-52-55-58-61-64-70(73)76-67-68(66-75-69(72)63-60-57-54-15-12-9-6-3)77-71(74)65-62-59-56-53-51-49-47-45-42-27-25-23-21-19-17-14-11-8-5-2/h17,19,23,25,68H,4-16,18,20-22,24,26-67H2,1-3H3/b19-17-,25-23-. The smallest absolute Gasteiger partial charge is 0.306 e. The molecule has 0 N–H and O–H groups in total. The summed E-state index contributed by atoms with van der Waals surface area (Å²) < 4.78 is 16.9. The van der Waals surface area contributed by atoms with Crippen molar-refractivity contribution in [1.29, 1.82) is 0 Å². The second-order valence-corrected chi connectivity index (χ2v) is 23.8. The Morgan fingerprint density at radius 1 is 0.260 bits per heavy atom. The summed E-state index contributed by atoms with van der Waals surface area (Å²) in [5.41, 5.74) is 0. The molecule has 454 valence electrons. The van der Waals surface area contributed by atoms with Gasteiger partial charge in [-0.2, -0.15) is 0 Å². The number of esters is 3. The van der Waals surface area contributed by atoms with E-state index in [0.717, 1.165) is 64.2 Å². The van der Waals surface area contributed by atoms with Gasteiger partial charge in [0.15, 0.2) is 6.10 Å². The van der Waals surface area contributed by atoms with Crippen molar-refractivity contribution < 1.29 is 28.6 Å². The second-order valence-electron chi connectivity index (χ2n) is 23.8. The molecule has 0 aromatic heterocycles. The molecule has 0 fully saturated rings. The van der Waals surface area contributed by atoms with Gasteiger partial charge < -0.3 is 14.2 Å². The van der Waals surface area contributed by atoms with Crippen molar-refractivity contribution in [3.8, 4) is 0 Å². The van der Waals surface area contributed by atoms with Gasteiger partial charge in [-0.25, -0.2) is 0 Å². The zero-order chi connectivity index (χ0) is 55.7. The van der Waals surface area contributed by atoms with Gasteiger partial charge >= 0.3 is 17.9 Å². The number of hydrogen-bond donors (Lipinski definition) is 0. The molecule has 0 rings (SSSR count). The average molecular weight is 1080 g/mol. The summed E-state index contributed by atoms with van der Waals surface area (Å²) in [6.07, 6.45) is 81.1. The normalized spacial score (nSPS) is 12.1. The number of ether oxygens (including phenoxy) is 3. The summed E-state index contributed by atoms with van der Waals surface area (Å²) in [4.78, 5) is 38.1. The Kier molecular flexibility index (Phi) is 64.6. The SMILES string of the molecule is CCCCC/C=C\C/C=C\CCCCCCCCCCCC(=O)OC(COC(=O)CCCCCCCCC)COC(=O)CCCCCCCCCCCCCCCCCCCCCCCCCCCCCCCCCCC. The fraction of sp³-hybridized carbons (Fsp3) is 0.901. The minimum atomic E-state index is -0.768. The zero-order valence-electron chi connectivity index (χ0n) is 52.3. The van der Waals surface area contributed by atoms with E-state index in [4.69, 9.17) is 14.2 Å². The van der Waals surface area contributed by atoms with E-state index in [9.17, 15) is 14.4 Å². The van der Waals surface area contributed by atoms with Gasteiger partial charge in [0.1, 0.15) is 13.2 Å². The lowest BCUT2D eigenvalue weighted by Gasteiger charge is -2.18. The van der Waals surface area contributed by atoms with Gasteiger partial charge in [0.05, 0.1) is 0 Å². The van der Waals surface area contributed by atoms with Crippen LogP contribution in [0.1, 0.15) is 393 Å². The van der Waals surface area contributed by atoms with E-state index in [1.807, 2.05) is 0 Å². The van der Waals surface area contributed by atoms with Gasteiger partial charge in [-0.3, -0.25) is 14.4 Å². The molecule has 0 aliphatic rings. The summed E-state index contributed by atoms with van der Waals surface area (Å²) in [6, 6.07) is 0. The summed E-state index contributed by atoms with van der Waals surface area (Å²) in [7, 11) is 0. The lowest BCUT2D eigenvalue weighted by atomic mass is 10.0. The molecular formula is C71H134O6. The Morgan fingerprint density at radius 2 is 0.468 bits per heavy atom. The Hall–Kier alpha value is -2.11. The highest BCUT2D eigenvalue weighted by molar-refractivity contribution is 5.71. The first-order valence-electron chi connectivity index (χ1n) is 34.8. The molecule has 0 heterocycles. The van der Waals surface area contributed by atoms with Crippen LogP contribution in [0.4, 0.5) is 0 Å². The van der Waals surface area contributed by atoms with Crippen LogP contribution in [0.15, 0.2) is 24.3 Å². The van der Waals surface area contributed by atoms with E-state index in [0.29, 0.717) is 19.3 Å². The van der Waals surface area contributed by atoms with Crippen LogP contribution in [-0.2, 0) is 28.6 Å². The molecule has 0 aliphatic heterocycles. The lowest BCUT2D eigenvalue weighted by molar-refractivity contribution is -0.167. The summed E-state index contributed by atoms with van der Waals surface area (Å²) in [5.74, 6) is -0.854. The minimum Gasteiger partial charge on any atom is -0.462 e. The van der Waals surface area contributed by atoms with E-state index in [1.165, 1.54) is 289 Å². The molecule has 6 nitrogen and oxygen atoms in total. The Balaban J connectivity index is 3.95. The molecule has 0 aromatic rings. The van der Waals surface area contributed by atoms with Crippen LogP contribution in [0.3, 0.4) is 0 Å². The van der Waals surface area contributed by atoms with Gasteiger partial charge in [-0.15, -0.1) is 0 Å². The van der Waals surface area contributed by atoms with Crippen LogP contribution in [-0.4, -0.2) is 37.2 Å². The summed E-state index contributed by atoms with van der Waals surface area (Å²) in [5, 5.41) is 0. The maximum absolute atomic E-state index is 12.9. The van der Waals surface area contributed by atoms with E-state index >= 15 is 0 Å². The minimum absolute atomic E-state index is 0.0677. The van der Waals surface area contributed by atoms with Crippen LogP contribution in [0, 0.1) is 0 Å². The van der Waals surface area contributed by atoms with E-state index in [2.05, 4.69) is 45.1 Å². The fourth-order valence-corrected chi connectivity index (χ4v) is 10.7. The van der Waals surface area contributed by atoms with Crippen molar-refractivity contribution in [2.45, 2.75) is 399 Å². The lowest BCUT2D eigenvalue weighted by Crippen LogP contribution is -2.30. The first kappa shape index (κ1) is 74.9. The topological polar surface area (TPSA) is 78.9 Å². The van der Waals surface area contributed by atoms with Crippen molar-refractivity contribution in [1.82, 2.24) is 0 Å². The van der Waals surface area contributed by atoms with Crippen molar-refractivity contribution >= 4 is 17.9 Å². The van der Waals surface area contributed by atoms with Crippen LogP contribution in [0.25, 0.3) is 0 Å². The number of allylic oxidation sites excluding steroid dienone is 4. The quantitative estimate of drug-likeness (QED) is 0.0261. The molecule has 0 amide bonds. The molecule has 77 heavy (non-hydrogen) atoms. The Morgan fingerprint density at radius 3 is 0.740 bits per heavy atom. The molecule has 1 atom stereocenters. The average Bonchev–Trinajstić information content (AvgIpc) is 3.43. The third-order valence-corrected chi connectivity index (χ3v) is 16.0. The Bertz CT molecular complexity index is 1240. The van der Waals surface area contributed by atoms with Crippen molar-refractivity contribution in [3.05, 3.63) is 24.3 Å². The van der Waals surface area contributed by atoms with E-state index in [-0.39, 0.29) is 31.1 Å². The predicted octanol–water partition coefficient (Wildman–Crippen LogP) is 23.8. The largest absolute Gasteiger partial charge is 0.462 e. The third kappa shape index (κ3) is 64.6. The molecule has 1 unspecified atom stereocenters. The molecule has 0 bridgehead atoms. The number of unbranched alkanes of at least 4 members (excludes halogenated alkanes) is 50. The summed E-state index contributed by atoms with van der Waals surface area (Å²) in [6.45, 7) is 6.64. The first-order valence-corrected chi connectivity index (χ1v) is 34.8. The number of carbonyl (C=O) groups excluding carboxylic acids is 3. The number of rotatable bonds is 65. The van der Waals surface area contributed by atoms with E-state index in [1.54, 1.807) is 0 Å². The molecule has 6 heteroatoms. The summed E-state index contributed by atoms with van der Waals surface area (Å²) >= 11 is 0. The molecule has 0 radical (unpaired) electrons. The third-order valence-electron chi connectivity index (χ3n) is 16.0. The maximum atomic E-state index is 12.9. The van der Waals surface area contributed by atoms with Gasteiger partial charge in [0.2, 0.25) is 0 Å². The van der Waals surface area contributed by atoms with Crippen LogP contribution in [0.2, 0.25) is 0 Å². The van der Waals surface area contributed by atoms with Crippen LogP contribution < -0.4 is 0 Å². The number of carbonyl (C=O) groups is 3. The highest BCUT2D eigenvalue weighted by atomic mass is 16.6. The monoisotopic (exact) mass is 1080 g/mol. The van der Waals surface area contributed by atoms with Crippen molar-refractivity contribution in [2.75, 3.05) is 13.2 Å². The Labute approximate surface area is 481 Å². The second kappa shape index (κ2) is 66.4. The maximum Gasteiger partial charge on any atom is 0.306 e. The van der Waals surface area contributed by atoms with Gasteiger partial charge in [-0.1, -0.05) is 347 Å². The molecular weight excluding hydrogens is 949 g/mol. The molecule has 0 spiro atoms. The highest BCUT2D eigenvalue weighted by Crippen LogP contribution is 2.19. The van der Waals surface area contributed by atoms with Crippen molar-refractivity contribution in [3.63, 3.8) is 0 Å². The molecule has 0 saturated carbocycles. The first-order chi connectivity index (χ1) is 38.0. The fourth-order valence-electron chi connectivity index (χ4n) is 10.7. The molecule has 0 saturated heterocycles. The van der Waals surface area contributed by atoms with Crippen molar-refractivity contribution in [2.24, 2.45) is 0 Å². The number of hydrogen-bond acceptors (Lipinski definition) is 6. The highest BCUT2D eigenvalue weighted by Gasteiger charge is 2.19. The zero-order valence-corrected chi connectivity index (χ0v) is 52.3. The van der Waals surface area contributed by atoms with E-state index < -0.39 is 6.10 Å². The molecule has 0 aliphatic carbocycles. The predicted molar refractivity (Wildman–Crippen MR) is 335 cm³/mol. The molecule has 0 aromatic carbocycles. The van der Waals surface area contributed by atoms with Gasteiger partial charge in [0, 0.05) is 19.3 Å².